The van der Waals surface area contributed by atoms with Gasteiger partial charge in [0.05, 0.1) is 0 Å². The fourth-order valence-electron chi connectivity index (χ4n) is 1.64. The molecule has 2 aromatic heterocycles. The molecule has 0 radical (unpaired) electrons. The summed E-state index contributed by atoms with van der Waals surface area (Å²) >= 11 is 0. The molecule has 2 heterocycles. The summed E-state index contributed by atoms with van der Waals surface area (Å²) in [5, 5.41) is 6.07. The second-order valence-corrected chi connectivity index (χ2v) is 5.69. The predicted molar refractivity (Wildman–Crippen MR) is 59.3 cm³/mol. The molecule has 7 heteroatoms. The van der Waals surface area contributed by atoms with E-state index in [2.05, 4.69) is 15.2 Å². The molecule has 86 valence electrons. The number of H-pyrrole nitrogens is 2. The van der Waals surface area contributed by atoms with Crippen LogP contribution in [0.2, 0.25) is 0 Å². The first-order valence-corrected chi connectivity index (χ1v) is 6.49. The fraction of sp³-hybridized carbons (Fsp3) is 0.333. The number of hydrogen-bond donors (Lipinski definition) is 2. The highest BCUT2D eigenvalue weighted by molar-refractivity contribution is 7.90. The van der Waals surface area contributed by atoms with Gasteiger partial charge in [0.25, 0.3) is 5.56 Å². The molecule has 0 aliphatic rings. The van der Waals surface area contributed by atoms with Crippen molar-refractivity contribution in [2.24, 2.45) is 0 Å². The Hall–Kier alpha value is -1.63. The van der Waals surface area contributed by atoms with Crippen LogP contribution in [-0.2, 0) is 9.84 Å². The van der Waals surface area contributed by atoms with Gasteiger partial charge in [-0.05, 0) is 19.4 Å². The van der Waals surface area contributed by atoms with E-state index in [4.69, 9.17) is 0 Å². The van der Waals surface area contributed by atoms with E-state index >= 15 is 0 Å². The average molecular weight is 241 g/mol. The molecular weight excluding hydrogens is 230 g/mol. The molecule has 0 bridgehead atoms. The second-order valence-electron chi connectivity index (χ2n) is 3.76. The van der Waals surface area contributed by atoms with Gasteiger partial charge < -0.3 is 4.98 Å². The number of hydrogen-bond acceptors (Lipinski definition) is 4. The maximum Gasteiger partial charge on any atom is 0.288 e. The van der Waals surface area contributed by atoms with Crippen molar-refractivity contribution in [2.45, 2.75) is 18.9 Å². The lowest BCUT2D eigenvalue weighted by molar-refractivity contribution is 0.597. The van der Waals surface area contributed by atoms with Crippen LogP contribution < -0.4 is 5.56 Å². The second kappa shape index (κ2) is 3.18. The predicted octanol–water partition coefficient (Wildman–Crippen LogP) is 0.272. The molecular formula is C9H11N3O3S. The Morgan fingerprint density at radius 1 is 1.25 bits per heavy atom. The van der Waals surface area contributed by atoms with Crippen LogP contribution in [0.5, 0.6) is 0 Å². The van der Waals surface area contributed by atoms with Gasteiger partial charge in [0.15, 0.2) is 14.9 Å². The van der Waals surface area contributed by atoms with Gasteiger partial charge in [0.1, 0.15) is 5.52 Å². The maximum atomic E-state index is 11.5. The third-order valence-electron chi connectivity index (χ3n) is 2.55. The fourth-order valence-corrected chi connectivity index (χ4v) is 2.48. The van der Waals surface area contributed by atoms with E-state index in [1.807, 2.05) is 0 Å². The number of nitrogens with one attached hydrogen (secondary N) is 2. The number of aromatic nitrogens is 3. The highest BCUT2D eigenvalue weighted by Gasteiger charge is 2.20. The highest BCUT2D eigenvalue weighted by Crippen LogP contribution is 2.23. The van der Waals surface area contributed by atoms with Crippen LogP contribution in [0.25, 0.3) is 10.9 Å². The Bertz CT molecular complexity index is 724. The van der Waals surface area contributed by atoms with Crippen molar-refractivity contribution in [3.63, 3.8) is 0 Å². The first-order valence-electron chi connectivity index (χ1n) is 4.60. The minimum atomic E-state index is -3.46. The summed E-state index contributed by atoms with van der Waals surface area (Å²) in [4.78, 5) is 14.3. The zero-order valence-electron chi connectivity index (χ0n) is 9.08. The van der Waals surface area contributed by atoms with Crippen molar-refractivity contribution in [3.05, 3.63) is 21.6 Å². The molecule has 0 amide bonds. The Labute approximate surface area is 91.6 Å². The van der Waals surface area contributed by atoms with Gasteiger partial charge in [-0.2, -0.15) is 5.10 Å². The van der Waals surface area contributed by atoms with Crippen LogP contribution in [0.15, 0.2) is 9.82 Å². The third-order valence-corrected chi connectivity index (χ3v) is 3.55. The standard InChI is InChI=1S/C9H11N3O3S/c1-4-5(2)10-7-6(4)9(16(3,14)15)12-11-8(7)13/h10H,1-3H3,(H,11,13). The summed E-state index contributed by atoms with van der Waals surface area (Å²) in [6, 6.07) is 0. The highest BCUT2D eigenvalue weighted by atomic mass is 32.2. The van der Waals surface area contributed by atoms with Crippen molar-refractivity contribution >= 4 is 20.7 Å². The maximum absolute atomic E-state index is 11.5. The van der Waals surface area contributed by atoms with Gasteiger partial charge in [-0.25, -0.2) is 13.5 Å². The summed E-state index contributed by atoms with van der Waals surface area (Å²) in [7, 11) is -3.46. The molecule has 2 N–H and O–H groups in total. The lowest BCUT2D eigenvalue weighted by atomic mass is 10.2. The monoisotopic (exact) mass is 241 g/mol. The van der Waals surface area contributed by atoms with E-state index in [0.717, 1.165) is 17.5 Å². The number of rotatable bonds is 1. The van der Waals surface area contributed by atoms with Crippen LogP contribution in [0.3, 0.4) is 0 Å². The molecule has 0 saturated heterocycles. The Morgan fingerprint density at radius 3 is 2.44 bits per heavy atom. The number of aromatic amines is 2. The summed E-state index contributed by atoms with van der Waals surface area (Å²) in [5.41, 5.74) is 1.33. The zero-order valence-corrected chi connectivity index (χ0v) is 9.90. The SMILES string of the molecule is Cc1[nH]c2c(=O)[nH]nc(S(C)(=O)=O)c2c1C. The molecule has 0 aromatic carbocycles. The summed E-state index contributed by atoms with van der Waals surface area (Å²) in [6.45, 7) is 3.53. The topological polar surface area (TPSA) is 95.7 Å². The molecule has 0 atom stereocenters. The minimum absolute atomic E-state index is 0.0936. The Kier molecular flexibility index (Phi) is 2.16. The van der Waals surface area contributed by atoms with Crippen LogP contribution in [0.1, 0.15) is 11.3 Å². The minimum Gasteiger partial charge on any atom is -0.354 e. The van der Waals surface area contributed by atoms with Gasteiger partial charge in [0, 0.05) is 17.3 Å². The van der Waals surface area contributed by atoms with Gasteiger partial charge >= 0.3 is 0 Å². The van der Waals surface area contributed by atoms with Crippen LogP contribution in [0, 0.1) is 13.8 Å². The zero-order chi connectivity index (χ0) is 12.1. The van der Waals surface area contributed by atoms with E-state index in [1.165, 1.54) is 0 Å². The molecule has 16 heavy (non-hydrogen) atoms. The normalized spacial score (nSPS) is 12.2. The van der Waals surface area contributed by atoms with E-state index < -0.39 is 15.4 Å². The molecule has 2 rings (SSSR count). The number of aryl methyl sites for hydroxylation is 2. The van der Waals surface area contributed by atoms with Crippen LogP contribution >= 0.6 is 0 Å². The van der Waals surface area contributed by atoms with E-state index in [-0.39, 0.29) is 10.5 Å². The summed E-state index contributed by atoms with van der Waals surface area (Å²) in [5.74, 6) is 0. The molecule has 0 spiro atoms. The lowest BCUT2D eigenvalue weighted by Gasteiger charge is -1.99. The van der Waals surface area contributed by atoms with Crippen molar-refractivity contribution in [2.75, 3.05) is 6.26 Å². The van der Waals surface area contributed by atoms with Gasteiger partial charge in [-0.1, -0.05) is 0 Å². The van der Waals surface area contributed by atoms with Crippen molar-refractivity contribution in [1.29, 1.82) is 0 Å². The van der Waals surface area contributed by atoms with Gasteiger partial charge in [0.2, 0.25) is 0 Å². The average Bonchev–Trinajstić information content (AvgIpc) is 2.44. The quantitative estimate of drug-likeness (QED) is 0.749. The Balaban J connectivity index is 3.10. The first-order chi connectivity index (χ1) is 7.32. The van der Waals surface area contributed by atoms with Crippen molar-refractivity contribution in [3.8, 4) is 0 Å². The smallest absolute Gasteiger partial charge is 0.288 e. The lowest BCUT2D eigenvalue weighted by Crippen LogP contribution is -2.13. The van der Waals surface area contributed by atoms with E-state index in [0.29, 0.717) is 5.39 Å². The molecule has 0 aliphatic heterocycles. The van der Waals surface area contributed by atoms with Gasteiger partial charge in [-0.15, -0.1) is 0 Å². The molecule has 2 aromatic rings. The van der Waals surface area contributed by atoms with Gasteiger partial charge in [-0.3, -0.25) is 4.79 Å². The molecule has 6 nitrogen and oxygen atoms in total. The van der Waals surface area contributed by atoms with Crippen molar-refractivity contribution < 1.29 is 8.42 Å². The van der Waals surface area contributed by atoms with Crippen LogP contribution in [0.4, 0.5) is 0 Å². The number of nitrogens with zero attached hydrogens (tertiary/aromatic N) is 1. The molecule has 0 fully saturated rings. The largest absolute Gasteiger partial charge is 0.354 e. The molecule has 0 saturated carbocycles. The van der Waals surface area contributed by atoms with E-state index in [1.54, 1.807) is 13.8 Å². The number of fused-ring (bicyclic) bond motifs is 1. The Morgan fingerprint density at radius 2 is 1.88 bits per heavy atom. The summed E-state index contributed by atoms with van der Waals surface area (Å²) < 4.78 is 23.0. The number of sulfone groups is 1. The van der Waals surface area contributed by atoms with Crippen LogP contribution in [-0.4, -0.2) is 29.9 Å². The first kappa shape index (κ1) is 10.9. The van der Waals surface area contributed by atoms with E-state index in [9.17, 15) is 13.2 Å². The van der Waals surface area contributed by atoms with Crippen molar-refractivity contribution in [1.82, 2.24) is 15.2 Å². The summed E-state index contributed by atoms with van der Waals surface area (Å²) in [6.07, 6.45) is 1.06. The molecule has 0 aliphatic carbocycles. The molecule has 0 unspecified atom stereocenters. The third kappa shape index (κ3) is 1.44.